The van der Waals surface area contributed by atoms with Crippen LogP contribution in [0.2, 0.25) is 0 Å². The van der Waals surface area contributed by atoms with E-state index in [1.54, 1.807) is 23.9 Å². The first-order valence-corrected chi connectivity index (χ1v) is 6.69. The van der Waals surface area contributed by atoms with Gasteiger partial charge in [0.15, 0.2) is 0 Å². The Morgan fingerprint density at radius 3 is 2.71 bits per heavy atom. The van der Waals surface area contributed by atoms with Crippen molar-refractivity contribution in [3.8, 4) is 0 Å². The van der Waals surface area contributed by atoms with E-state index in [1.165, 1.54) is 0 Å². The largest absolute Gasteiger partial charge is 0.351 e. The van der Waals surface area contributed by atoms with Gasteiger partial charge < -0.3 is 11.1 Å². The predicted octanol–water partition coefficient (Wildman–Crippen LogP) is 1.79. The molecule has 4 heteroatoms. The summed E-state index contributed by atoms with van der Waals surface area (Å²) in [5.41, 5.74) is 7.20. The normalized spacial score (nSPS) is 9.94. The van der Waals surface area contributed by atoms with E-state index in [0.717, 1.165) is 17.1 Å². The van der Waals surface area contributed by atoms with E-state index in [2.05, 4.69) is 11.9 Å². The van der Waals surface area contributed by atoms with Crippen LogP contribution in [0.15, 0.2) is 36.9 Å². The van der Waals surface area contributed by atoms with Crippen molar-refractivity contribution in [3.05, 3.63) is 48.0 Å². The van der Waals surface area contributed by atoms with Crippen LogP contribution < -0.4 is 11.1 Å². The minimum atomic E-state index is -0.0345. The molecule has 0 bridgehead atoms. The molecule has 3 N–H and O–H groups in total. The third-order valence-corrected chi connectivity index (χ3v) is 3.18. The Morgan fingerprint density at radius 1 is 1.41 bits per heavy atom. The Bertz CT molecular complexity index is 362. The summed E-state index contributed by atoms with van der Waals surface area (Å²) >= 11 is 1.75. The van der Waals surface area contributed by atoms with Crippen LogP contribution in [0.5, 0.6) is 0 Å². The summed E-state index contributed by atoms with van der Waals surface area (Å²) in [5, 5.41) is 2.87. The van der Waals surface area contributed by atoms with E-state index < -0.39 is 0 Å². The van der Waals surface area contributed by atoms with Crippen LogP contribution in [-0.4, -0.2) is 24.0 Å². The Balaban J connectivity index is 2.33. The highest BCUT2D eigenvalue weighted by molar-refractivity contribution is 7.99. The second-order valence-electron chi connectivity index (χ2n) is 3.52. The molecule has 3 nitrogen and oxygen atoms in total. The molecule has 0 aliphatic carbocycles. The van der Waals surface area contributed by atoms with Crippen molar-refractivity contribution in [2.75, 3.05) is 18.1 Å². The molecule has 1 aromatic carbocycles. The number of thioether (sulfide) groups is 1. The first-order valence-electron chi connectivity index (χ1n) is 5.53. The fourth-order valence-corrected chi connectivity index (χ4v) is 1.88. The molecular weight excluding hydrogens is 232 g/mol. The lowest BCUT2D eigenvalue weighted by Gasteiger charge is -2.05. The van der Waals surface area contributed by atoms with Gasteiger partial charge in [-0.25, -0.2) is 0 Å². The van der Waals surface area contributed by atoms with Crippen molar-refractivity contribution in [3.63, 3.8) is 0 Å². The molecule has 0 atom stereocenters. The molecule has 0 aliphatic rings. The Kier molecular flexibility index (Phi) is 6.43. The van der Waals surface area contributed by atoms with E-state index in [0.29, 0.717) is 18.7 Å². The number of carbonyl (C=O) groups excluding carboxylic acids is 1. The van der Waals surface area contributed by atoms with Crippen molar-refractivity contribution >= 4 is 17.7 Å². The zero-order chi connectivity index (χ0) is 12.5. The van der Waals surface area contributed by atoms with Crippen molar-refractivity contribution < 1.29 is 4.79 Å². The average molecular weight is 250 g/mol. The van der Waals surface area contributed by atoms with Gasteiger partial charge >= 0.3 is 0 Å². The molecule has 0 spiro atoms. The fourth-order valence-electron chi connectivity index (χ4n) is 1.30. The van der Waals surface area contributed by atoms with Crippen LogP contribution in [0.1, 0.15) is 15.9 Å². The van der Waals surface area contributed by atoms with Crippen molar-refractivity contribution in [1.82, 2.24) is 5.32 Å². The SMILES string of the molecule is C=CCSCCNC(=O)c1ccc(CN)cc1. The number of amides is 1. The summed E-state index contributed by atoms with van der Waals surface area (Å²) in [4.78, 5) is 11.7. The van der Waals surface area contributed by atoms with Gasteiger partial charge in [-0.15, -0.1) is 6.58 Å². The predicted molar refractivity (Wildman–Crippen MR) is 74.2 cm³/mol. The standard InChI is InChI=1S/C13H18N2OS/c1-2-8-17-9-7-15-13(16)12-5-3-11(10-14)4-6-12/h2-6H,1,7-10,14H2,(H,15,16). The maximum Gasteiger partial charge on any atom is 0.251 e. The van der Waals surface area contributed by atoms with Gasteiger partial charge in [0.25, 0.3) is 5.91 Å². The minimum Gasteiger partial charge on any atom is -0.351 e. The summed E-state index contributed by atoms with van der Waals surface area (Å²) < 4.78 is 0. The van der Waals surface area contributed by atoms with Gasteiger partial charge in [0, 0.05) is 30.2 Å². The Labute approximate surface area is 106 Å². The molecule has 0 saturated carbocycles. The molecule has 0 heterocycles. The third kappa shape index (κ3) is 5.06. The molecule has 0 radical (unpaired) electrons. The van der Waals surface area contributed by atoms with Crippen molar-refractivity contribution in [2.45, 2.75) is 6.54 Å². The van der Waals surface area contributed by atoms with Gasteiger partial charge in [-0.1, -0.05) is 18.2 Å². The highest BCUT2D eigenvalue weighted by Crippen LogP contribution is 2.04. The van der Waals surface area contributed by atoms with E-state index in [9.17, 15) is 4.79 Å². The smallest absolute Gasteiger partial charge is 0.251 e. The van der Waals surface area contributed by atoms with Crippen molar-refractivity contribution in [1.29, 1.82) is 0 Å². The maximum atomic E-state index is 11.7. The van der Waals surface area contributed by atoms with Gasteiger partial charge in [-0.05, 0) is 17.7 Å². The summed E-state index contributed by atoms with van der Waals surface area (Å²) in [6, 6.07) is 7.35. The highest BCUT2D eigenvalue weighted by Gasteiger charge is 2.03. The number of nitrogens with two attached hydrogens (primary N) is 1. The number of hydrogen-bond donors (Lipinski definition) is 2. The van der Waals surface area contributed by atoms with Gasteiger partial charge in [-0.2, -0.15) is 11.8 Å². The lowest BCUT2D eigenvalue weighted by atomic mass is 10.1. The number of benzene rings is 1. The van der Waals surface area contributed by atoms with Gasteiger partial charge in [0.1, 0.15) is 0 Å². The maximum absolute atomic E-state index is 11.7. The van der Waals surface area contributed by atoms with Crippen LogP contribution in [0, 0.1) is 0 Å². The molecule has 1 aromatic rings. The van der Waals surface area contributed by atoms with Crippen LogP contribution in [0.25, 0.3) is 0 Å². The third-order valence-electron chi connectivity index (χ3n) is 2.22. The minimum absolute atomic E-state index is 0.0345. The van der Waals surface area contributed by atoms with Crippen molar-refractivity contribution in [2.24, 2.45) is 5.73 Å². The molecule has 0 saturated heterocycles. The number of carbonyl (C=O) groups is 1. The Morgan fingerprint density at radius 2 is 2.12 bits per heavy atom. The molecular formula is C13H18N2OS. The fraction of sp³-hybridized carbons (Fsp3) is 0.308. The van der Waals surface area contributed by atoms with Crippen LogP contribution >= 0.6 is 11.8 Å². The number of rotatable bonds is 7. The second-order valence-corrected chi connectivity index (χ2v) is 4.67. The topological polar surface area (TPSA) is 55.1 Å². The van der Waals surface area contributed by atoms with Crippen LogP contribution in [-0.2, 0) is 6.54 Å². The molecule has 1 rings (SSSR count). The lowest BCUT2D eigenvalue weighted by Crippen LogP contribution is -2.25. The van der Waals surface area contributed by atoms with E-state index in [-0.39, 0.29) is 5.91 Å². The molecule has 0 unspecified atom stereocenters. The first kappa shape index (κ1) is 13.8. The summed E-state index contributed by atoms with van der Waals surface area (Å²) in [7, 11) is 0. The lowest BCUT2D eigenvalue weighted by molar-refractivity contribution is 0.0956. The van der Waals surface area contributed by atoms with Gasteiger partial charge in [-0.3, -0.25) is 4.79 Å². The van der Waals surface area contributed by atoms with Crippen LogP contribution in [0.3, 0.4) is 0 Å². The molecule has 0 aromatic heterocycles. The molecule has 1 amide bonds. The zero-order valence-corrected chi connectivity index (χ0v) is 10.6. The van der Waals surface area contributed by atoms with E-state index in [1.807, 2.05) is 18.2 Å². The Hall–Kier alpha value is -1.26. The number of nitrogens with one attached hydrogen (secondary N) is 1. The average Bonchev–Trinajstić information content (AvgIpc) is 2.38. The van der Waals surface area contributed by atoms with E-state index in [4.69, 9.17) is 5.73 Å². The molecule has 0 fully saturated rings. The summed E-state index contributed by atoms with van der Waals surface area (Å²) in [5.74, 6) is 1.78. The summed E-state index contributed by atoms with van der Waals surface area (Å²) in [6.45, 7) is 4.82. The van der Waals surface area contributed by atoms with Gasteiger partial charge in [0.05, 0.1) is 0 Å². The zero-order valence-electron chi connectivity index (χ0n) is 9.82. The molecule has 92 valence electrons. The molecule has 17 heavy (non-hydrogen) atoms. The summed E-state index contributed by atoms with van der Waals surface area (Å²) in [6.07, 6.45) is 1.86. The quantitative estimate of drug-likeness (QED) is 0.573. The van der Waals surface area contributed by atoms with E-state index >= 15 is 0 Å². The van der Waals surface area contributed by atoms with Gasteiger partial charge in [0.2, 0.25) is 0 Å². The van der Waals surface area contributed by atoms with Crippen LogP contribution in [0.4, 0.5) is 0 Å². The highest BCUT2D eigenvalue weighted by atomic mass is 32.2. The first-order chi connectivity index (χ1) is 8.27. The monoisotopic (exact) mass is 250 g/mol. The number of hydrogen-bond acceptors (Lipinski definition) is 3. The second kappa shape index (κ2) is 7.92. The molecule has 0 aliphatic heterocycles.